The Hall–Kier alpha value is -0.950. The summed E-state index contributed by atoms with van der Waals surface area (Å²) in [7, 11) is -3.42. The number of aryl methyl sites for hydroxylation is 2. The smallest absolute Gasteiger partial charge is 0.240 e. The van der Waals surface area contributed by atoms with Crippen LogP contribution in [0.2, 0.25) is 0 Å². The minimum atomic E-state index is -3.42. The van der Waals surface area contributed by atoms with E-state index in [0.29, 0.717) is 17.5 Å². The minimum absolute atomic E-state index is 0.299. The predicted octanol–water partition coefficient (Wildman–Crippen LogP) is 0.582. The van der Waals surface area contributed by atoms with Crippen LogP contribution in [0.5, 0.6) is 0 Å². The summed E-state index contributed by atoms with van der Waals surface area (Å²) in [6.45, 7) is 9.60. The van der Waals surface area contributed by atoms with Crippen LogP contribution in [-0.2, 0) is 10.0 Å². The van der Waals surface area contributed by atoms with Gasteiger partial charge in [-0.05, 0) is 25.5 Å². The highest BCUT2D eigenvalue weighted by atomic mass is 32.2. The highest BCUT2D eigenvalue weighted by Crippen LogP contribution is 2.18. The van der Waals surface area contributed by atoms with E-state index >= 15 is 0 Å². The molecule has 4 rings (SSSR count). The van der Waals surface area contributed by atoms with E-state index in [1.54, 1.807) is 6.07 Å². The molecule has 3 fully saturated rings. The van der Waals surface area contributed by atoms with E-state index in [1.807, 2.05) is 26.0 Å². The Morgan fingerprint density at radius 1 is 1.19 bits per heavy atom. The van der Waals surface area contributed by atoms with Crippen molar-refractivity contribution in [2.45, 2.75) is 24.8 Å². The average molecular weight is 309 g/mol. The lowest BCUT2D eigenvalue weighted by molar-refractivity contribution is 0.0158. The first-order valence-corrected chi connectivity index (χ1v) is 8.97. The maximum atomic E-state index is 12.5. The fourth-order valence-corrected chi connectivity index (χ4v) is 4.60. The van der Waals surface area contributed by atoms with Gasteiger partial charge < -0.3 is 0 Å². The number of rotatable bonds is 4. The van der Waals surface area contributed by atoms with Crippen LogP contribution < -0.4 is 4.72 Å². The molecule has 21 heavy (non-hydrogen) atoms. The summed E-state index contributed by atoms with van der Waals surface area (Å²) in [5, 5.41) is 0. The summed E-state index contributed by atoms with van der Waals surface area (Å²) in [5.74, 6) is 0. The van der Waals surface area contributed by atoms with Gasteiger partial charge in [0.15, 0.2) is 0 Å². The molecule has 3 heterocycles. The molecule has 6 heteroatoms. The Kier molecular flexibility index (Phi) is 4.05. The number of piperazine rings is 3. The second kappa shape index (κ2) is 5.68. The van der Waals surface area contributed by atoms with E-state index in [0.717, 1.165) is 43.9 Å². The summed E-state index contributed by atoms with van der Waals surface area (Å²) in [4.78, 5) is 5.20. The normalized spacial score (nSPS) is 28.8. The molecule has 1 atom stereocenters. The largest absolute Gasteiger partial charge is 0.299 e. The Labute approximate surface area is 127 Å². The number of benzene rings is 1. The second-order valence-electron chi connectivity index (χ2n) is 6.11. The van der Waals surface area contributed by atoms with Crippen molar-refractivity contribution in [2.24, 2.45) is 0 Å². The third kappa shape index (κ3) is 3.13. The van der Waals surface area contributed by atoms with Crippen molar-refractivity contribution >= 4 is 10.0 Å². The van der Waals surface area contributed by atoms with Crippen LogP contribution in [0, 0.1) is 13.8 Å². The molecule has 116 valence electrons. The van der Waals surface area contributed by atoms with Gasteiger partial charge in [0, 0.05) is 45.3 Å². The zero-order valence-electron chi connectivity index (χ0n) is 12.7. The second-order valence-corrected chi connectivity index (χ2v) is 7.85. The van der Waals surface area contributed by atoms with Crippen molar-refractivity contribution in [3.8, 4) is 0 Å². The Bertz CT molecular complexity index is 622. The van der Waals surface area contributed by atoms with Gasteiger partial charge in [0.25, 0.3) is 0 Å². The maximum absolute atomic E-state index is 12.5. The first-order valence-electron chi connectivity index (χ1n) is 7.49. The molecule has 5 nitrogen and oxygen atoms in total. The van der Waals surface area contributed by atoms with Crippen LogP contribution in [0.15, 0.2) is 23.1 Å². The summed E-state index contributed by atoms with van der Waals surface area (Å²) >= 11 is 0. The first kappa shape index (κ1) is 15.0. The molecule has 1 unspecified atom stereocenters. The summed E-state index contributed by atoms with van der Waals surface area (Å²) in [6, 6.07) is 5.75. The van der Waals surface area contributed by atoms with Gasteiger partial charge in [-0.3, -0.25) is 9.80 Å². The molecule has 3 aliphatic rings. The van der Waals surface area contributed by atoms with Crippen LogP contribution in [0.3, 0.4) is 0 Å². The molecule has 1 N–H and O–H groups in total. The van der Waals surface area contributed by atoms with Crippen LogP contribution in [0.4, 0.5) is 0 Å². The monoisotopic (exact) mass is 309 g/mol. The lowest BCUT2D eigenvalue weighted by Gasteiger charge is -2.47. The van der Waals surface area contributed by atoms with E-state index in [2.05, 4.69) is 14.5 Å². The van der Waals surface area contributed by atoms with E-state index in [9.17, 15) is 8.42 Å². The fourth-order valence-electron chi connectivity index (χ4n) is 3.30. The van der Waals surface area contributed by atoms with Crippen molar-refractivity contribution in [1.82, 2.24) is 14.5 Å². The lowest BCUT2D eigenvalue weighted by atomic mass is 10.1. The lowest BCUT2D eigenvalue weighted by Crippen LogP contribution is -2.63. The number of hydrogen-bond acceptors (Lipinski definition) is 4. The highest BCUT2D eigenvalue weighted by Gasteiger charge is 2.32. The van der Waals surface area contributed by atoms with Crippen molar-refractivity contribution in [2.75, 3.05) is 39.3 Å². The quantitative estimate of drug-likeness (QED) is 0.884. The van der Waals surface area contributed by atoms with Crippen molar-refractivity contribution in [3.05, 3.63) is 29.3 Å². The molecular weight excluding hydrogens is 286 g/mol. The van der Waals surface area contributed by atoms with Gasteiger partial charge in [-0.1, -0.05) is 17.7 Å². The first-order chi connectivity index (χ1) is 9.95. The standard InChI is InChI=1S/C15H23N3O2S/c1-12-3-4-15(13(2)9-12)21(19,20)16-10-14-11-17-5-7-18(14)8-6-17/h3-4,9,14,16H,5-8,10-11H2,1-2H3. The molecule has 1 aromatic carbocycles. The minimum Gasteiger partial charge on any atom is -0.299 e. The van der Waals surface area contributed by atoms with Crippen molar-refractivity contribution in [3.63, 3.8) is 0 Å². The molecule has 0 radical (unpaired) electrons. The van der Waals surface area contributed by atoms with Gasteiger partial charge in [0.05, 0.1) is 4.90 Å². The summed E-state index contributed by atoms with van der Waals surface area (Å²) in [6.07, 6.45) is 0. The SMILES string of the molecule is Cc1ccc(S(=O)(=O)NCC2CN3CCN2CC3)c(C)c1. The molecule has 0 amide bonds. The van der Waals surface area contributed by atoms with Crippen LogP contribution in [0.1, 0.15) is 11.1 Å². The predicted molar refractivity (Wildman–Crippen MR) is 82.9 cm³/mol. The van der Waals surface area contributed by atoms with Gasteiger partial charge in [-0.2, -0.15) is 0 Å². The van der Waals surface area contributed by atoms with E-state index < -0.39 is 10.0 Å². The number of nitrogens with one attached hydrogen (secondary N) is 1. The molecule has 0 saturated carbocycles. The topological polar surface area (TPSA) is 52.7 Å². The molecular formula is C15H23N3O2S. The molecule has 2 bridgehead atoms. The Balaban J connectivity index is 1.69. The van der Waals surface area contributed by atoms with Crippen molar-refractivity contribution in [1.29, 1.82) is 0 Å². The molecule has 3 saturated heterocycles. The Morgan fingerprint density at radius 3 is 2.48 bits per heavy atom. The number of fused-ring (bicyclic) bond motifs is 3. The average Bonchev–Trinajstić information content (AvgIpc) is 2.46. The number of hydrogen-bond donors (Lipinski definition) is 1. The van der Waals surface area contributed by atoms with Gasteiger partial charge in [0.2, 0.25) is 10.0 Å². The molecule has 0 spiro atoms. The fraction of sp³-hybridized carbons (Fsp3) is 0.600. The zero-order valence-corrected chi connectivity index (χ0v) is 13.5. The van der Waals surface area contributed by atoms with Crippen LogP contribution in [0.25, 0.3) is 0 Å². The van der Waals surface area contributed by atoms with Crippen LogP contribution >= 0.6 is 0 Å². The van der Waals surface area contributed by atoms with Crippen LogP contribution in [-0.4, -0.2) is 63.5 Å². The highest BCUT2D eigenvalue weighted by molar-refractivity contribution is 7.89. The van der Waals surface area contributed by atoms with Gasteiger partial charge in [-0.25, -0.2) is 13.1 Å². The molecule has 0 aromatic heterocycles. The van der Waals surface area contributed by atoms with E-state index in [4.69, 9.17) is 0 Å². The number of nitrogens with zero attached hydrogens (tertiary/aromatic N) is 2. The number of sulfonamides is 1. The summed E-state index contributed by atoms with van der Waals surface area (Å²) < 4.78 is 27.7. The van der Waals surface area contributed by atoms with Gasteiger partial charge in [-0.15, -0.1) is 0 Å². The Morgan fingerprint density at radius 2 is 1.90 bits per heavy atom. The third-order valence-corrected chi connectivity index (χ3v) is 6.10. The molecule has 0 aliphatic carbocycles. The molecule has 1 aromatic rings. The van der Waals surface area contributed by atoms with Gasteiger partial charge in [0.1, 0.15) is 0 Å². The third-order valence-electron chi connectivity index (χ3n) is 4.52. The van der Waals surface area contributed by atoms with E-state index in [1.165, 1.54) is 0 Å². The van der Waals surface area contributed by atoms with Crippen molar-refractivity contribution < 1.29 is 8.42 Å². The zero-order chi connectivity index (χ0) is 15.0. The van der Waals surface area contributed by atoms with E-state index in [-0.39, 0.29) is 0 Å². The summed E-state index contributed by atoms with van der Waals surface area (Å²) in [5.41, 5.74) is 1.88. The van der Waals surface area contributed by atoms with Gasteiger partial charge >= 0.3 is 0 Å². The maximum Gasteiger partial charge on any atom is 0.240 e. The molecule has 3 aliphatic heterocycles.